The highest BCUT2D eigenvalue weighted by atomic mass is 32.2. The summed E-state index contributed by atoms with van der Waals surface area (Å²) in [6, 6.07) is 6.37. The van der Waals surface area contributed by atoms with Crippen molar-refractivity contribution in [1.82, 2.24) is 8.87 Å². The van der Waals surface area contributed by atoms with Crippen LogP contribution in [0, 0.1) is 13.8 Å². The van der Waals surface area contributed by atoms with Crippen LogP contribution in [0.1, 0.15) is 58.8 Å². The molecule has 1 saturated heterocycles. The van der Waals surface area contributed by atoms with Gasteiger partial charge in [-0.3, -0.25) is 4.79 Å². The number of anilines is 1. The molecule has 9 heteroatoms. The highest BCUT2D eigenvalue weighted by Crippen LogP contribution is 2.29. The lowest BCUT2D eigenvalue weighted by Gasteiger charge is -2.23. The molecule has 0 amide bonds. The van der Waals surface area contributed by atoms with Gasteiger partial charge in [0, 0.05) is 50.2 Å². The Morgan fingerprint density at radius 3 is 2.21 bits per heavy atom. The summed E-state index contributed by atoms with van der Waals surface area (Å²) in [5.74, 6) is -0.994. The molecule has 8 nitrogen and oxygen atoms in total. The van der Waals surface area contributed by atoms with Crippen LogP contribution in [0.25, 0.3) is 0 Å². The Morgan fingerprint density at radius 2 is 1.67 bits per heavy atom. The van der Waals surface area contributed by atoms with Crippen LogP contribution in [0.15, 0.2) is 29.2 Å². The number of esters is 1. The Kier molecular flexibility index (Phi) is 7.64. The smallest absolute Gasteiger partial charge is 0.340 e. The minimum atomic E-state index is -3.74. The normalized spacial score (nSPS) is 14.2. The van der Waals surface area contributed by atoms with Gasteiger partial charge in [0.05, 0.1) is 16.1 Å². The van der Waals surface area contributed by atoms with Crippen LogP contribution in [-0.2, 0) is 21.8 Å². The number of ether oxygens (including phenoxy) is 1. The minimum Gasteiger partial charge on any atom is -0.454 e. The van der Waals surface area contributed by atoms with Crippen LogP contribution in [0.2, 0.25) is 0 Å². The summed E-state index contributed by atoms with van der Waals surface area (Å²) in [6.07, 6.45) is 2.00. The van der Waals surface area contributed by atoms with Crippen LogP contribution in [0.4, 0.5) is 5.69 Å². The number of nitrogens with zero attached hydrogens (tertiary/aromatic N) is 3. The summed E-state index contributed by atoms with van der Waals surface area (Å²) in [5.41, 5.74) is 3.06. The Morgan fingerprint density at radius 1 is 1.03 bits per heavy atom. The van der Waals surface area contributed by atoms with Gasteiger partial charge in [-0.1, -0.05) is 13.8 Å². The standard InChI is InChI=1S/C24H33N3O5S/c1-6-27(7-2)33(30,31)19-10-11-22(26-12-8-9-13-26)21(15-19)24(29)32-16-23(28)20-14-17(3)25(5)18(20)4/h10-11,14-15H,6-9,12-13,16H2,1-5H3. The summed E-state index contributed by atoms with van der Waals surface area (Å²) in [7, 11) is -1.87. The largest absolute Gasteiger partial charge is 0.454 e. The van der Waals surface area contributed by atoms with Crippen molar-refractivity contribution in [3.05, 3.63) is 46.8 Å². The van der Waals surface area contributed by atoms with Crippen LogP contribution < -0.4 is 4.90 Å². The average Bonchev–Trinajstić information content (AvgIpc) is 3.42. The number of sulfonamides is 1. The lowest BCUT2D eigenvalue weighted by atomic mass is 10.1. The third kappa shape index (κ3) is 4.99. The number of aromatic nitrogens is 1. The zero-order valence-corrected chi connectivity index (χ0v) is 20.9. The Bertz CT molecular complexity index is 1140. The number of rotatable bonds is 9. The van der Waals surface area contributed by atoms with Crippen LogP contribution >= 0.6 is 0 Å². The third-order valence-corrected chi connectivity index (χ3v) is 8.43. The van der Waals surface area contributed by atoms with E-state index >= 15 is 0 Å². The molecule has 0 saturated carbocycles. The lowest BCUT2D eigenvalue weighted by molar-refractivity contribution is 0.0475. The highest BCUT2D eigenvalue weighted by Gasteiger charge is 2.27. The van der Waals surface area contributed by atoms with E-state index in [1.807, 2.05) is 25.5 Å². The molecule has 180 valence electrons. The van der Waals surface area contributed by atoms with Crippen LogP contribution in [0.3, 0.4) is 0 Å². The number of carbonyl (C=O) groups is 2. The maximum Gasteiger partial charge on any atom is 0.340 e. The van der Waals surface area contributed by atoms with E-state index in [0.717, 1.165) is 37.3 Å². The first-order chi connectivity index (χ1) is 15.6. The molecule has 33 heavy (non-hydrogen) atoms. The van der Waals surface area contributed by atoms with E-state index in [9.17, 15) is 18.0 Å². The molecular formula is C24H33N3O5S. The molecule has 0 aliphatic carbocycles. The van der Waals surface area contributed by atoms with Gasteiger partial charge in [0.25, 0.3) is 0 Å². The van der Waals surface area contributed by atoms with E-state index < -0.39 is 22.6 Å². The first-order valence-electron chi connectivity index (χ1n) is 11.3. The summed E-state index contributed by atoms with van der Waals surface area (Å²) in [6.45, 7) is 9.10. The van der Waals surface area contributed by atoms with E-state index in [1.165, 1.54) is 10.4 Å². The molecule has 0 N–H and O–H groups in total. The molecule has 0 unspecified atom stereocenters. The van der Waals surface area contributed by atoms with E-state index in [4.69, 9.17) is 4.74 Å². The van der Waals surface area contributed by atoms with E-state index in [0.29, 0.717) is 24.3 Å². The zero-order valence-electron chi connectivity index (χ0n) is 20.1. The van der Waals surface area contributed by atoms with Crippen molar-refractivity contribution < 1.29 is 22.7 Å². The van der Waals surface area contributed by atoms with Crippen molar-refractivity contribution in [1.29, 1.82) is 0 Å². The molecule has 1 aromatic heterocycles. The highest BCUT2D eigenvalue weighted by molar-refractivity contribution is 7.89. The predicted octanol–water partition coefficient (Wildman–Crippen LogP) is 3.31. The molecule has 0 spiro atoms. The SMILES string of the molecule is CCN(CC)S(=O)(=O)c1ccc(N2CCCC2)c(C(=O)OCC(=O)c2cc(C)n(C)c2C)c1. The molecule has 2 heterocycles. The van der Waals surface area contributed by atoms with Gasteiger partial charge >= 0.3 is 5.97 Å². The molecule has 1 fully saturated rings. The number of hydrogen-bond donors (Lipinski definition) is 0. The Labute approximate surface area is 196 Å². The second-order valence-electron chi connectivity index (χ2n) is 8.31. The van der Waals surface area contributed by atoms with Crippen molar-refractivity contribution in [3.63, 3.8) is 0 Å². The monoisotopic (exact) mass is 475 g/mol. The van der Waals surface area contributed by atoms with Gasteiger partial charge in [0.2, 0.25) is 15.8 Å². The molecule has 0 radical (unpaired) electrons. The third-order valence-electron chi connectivity index (χ3n) is 6.39. The van der Waals surface area contributed by atoms with Gasteiger partial charge in [0.1, 0.15) is 0 Å². The molecule has 0 atom stereocenters. The predicted molar refractivity (Wildman–Crippen MR) is 127 cm³/mol. The number of aryl methyl sites for hydroxylation is 1. The van der Waals surface area contributed by atoms with Crippen LogP contribution in [0.5, 0.6) is 0 Å². The Balaban J connectivity index is 1.90. The Hall–Kier alpha value is -2.65. The van der Waals surface area contributed by atoms with Crippen molar-refractivity contribution in [3.8, 4) is 0 Å². The van der Waals surface area contributed by atoms with Gasteiger partial charge in [-0.15, -0.1) is 0 Å². The number of carbonyl (C=O) groups excluding carboxylic acids is 2. The fourth-order valence-electron chi connectivity index (χ4n) is 4.21. The van der Waals surface area contributed by atoms with Gasteiger partial charge in [0.15, 0.2) is 6.61 Å². The molecule has 1 aliphatic rings. The molecule has 1 aliphatic heterocycles. The van der Waals surface area contributed by atoms with Gasteiger partial charge in [-0.05, 0) is 51.0 Å². The van der Waals surface area contributed by atoms with Gasteiger partial charge in [-0.2, -0.15) is 4.31 Å². The summed E-state index contributed by atoms with van der Waals surface area (Å²) in [4.78, 5) is 27.9. The topological polar surface area (TPSA) is 88.9 Å². The summed E-state index contributed by atoms with van der Waals surface area (Å²) < 4.78 is 34.7. The van der Waals surface area contributed by atoms with Gasteiger partial charge in [-0.25, -0.2) is 13.2 Å². The van der Waals surface area contributed by atoms with Crippen LogP contribution in [-0.4, -0.2) is 61.8 Å². The summed E-state index contributed by atoms with van der Waals surface area (Å²) in [5, 5.41) is 0. The van der Waals surface area contributed by atoms with Crippen molar-refractivity contribution in [2.24, 2.45) is 7.05 Å². The second kappa shape index (κ2) is 10.1. The van der Waals surface area contributed by atoms with Crippen molar-refractivity contribution in [2.75, 3.05) is 37.7 Å². The fraction of sp³-hybridized carbons (Fsp3) is 0.500. The molecule has 1 aromatic carbocycles. The van der Waals surface area contributed by atoms with E-state index in [2.05, 4.69) is 4.90 Å². The first-order valence-corrected chi connectivity index (χ1v) is 12.8. The van der Waals surface area contributed by atoms with E-state index in [-0.39, 0.29) is 16.2 Å². The second-order valence-corrected chi connectivity index (χ2v) is 10.2. The number of Topliss-reactive ketones (excluding diaryl/α,β-unsaturated/α-hetero) is 1. The van der Waals surface area contributed by atoms with E-state index in [1.54, 1.807) is 32.0 Å². The minimum absolute atomic E-state index is 0.0435. The van der Waals surface area contributed by atoms with Gasteiger partial charge < -0.3 is 14.2 Å². The fourth-order valence-corrected chi connectivity index (χ4v) is 5.69. The molecule has 0 bridgehead atoms. The molecular weight excluding hydrogens is 442 g/mol. The number of benzene rings is 1. The molecule has 3 rings (SSSR count). The van der Waals surface area contributed by atoms with Crippen molar-refractivity contribution in [2.45, 2.75) is 45.4 Å². The molecule has 2 aromatic rings. The van der Waals surface area contributed by atoms with Crippen molar-refractivity contribution >= 4 is 27.5 Å². The first kappa shape index (κ1) is 25.0. The summed E-state index contributed by atoms with van der Waals surface area (Å²) >= 11 is 0. The maximum atomic E-state index is 13.1. The average molecular weight is 476 g/mol. The quantitative estimate of drug-likeness (QED) is 0.408. The lowest BCUT2D eigenvalue weighted by Crippen LogP contribution is -2.31. The maximum absolute atomic E-state index is 13.1. The number of ketones is 1. The zero-order chi connectivity index (χ0) is 24.3. The number of hydrogen-bond acceptors (Lipinski definition) is 6.